The number of anilines is 1. The highest BCUT2D eigenvalue weighted by molar-refractivity contribution is 5.52. The van der Waals surface area contributed by atoms with E-state index in [4.69, 9.17) is 4.74 Å². The SMILES string of the molecule is CCC1(C)CNCCN1c1ccc(OC)cc1. The fourth-order valence-electron chi connectivity index (χ4n) is 2.43. The van der Waals surface area contributed by atoms with Crippen LogP contribution >= 0.6 is 0 Å². The number of nitrogens with one attached hydrogen (secondary N) is 1. The molecule has 1 unspecified atom stereocenters. The minimum atomic E-state index is 0.215. The summed E-state index contributed by atoms with van der Waals surface area (Å²) in [5, 5.41) is 3.48. The summed E-state index contributed by atoms with van der Waals surface area (Å²) in [7, 11) is 1.70. The minimum Gasteiger partial charge on any atom is -0.497 e. The van der Waals surface area contributed by atoms with E-state index in [-0.39, 0.29) is 5.54 Å². The van der Waals surface area contributed by atoms with Crippen LogP contribution in [0.4, 0.5) is 5.69 Å². The molecule has 0 radical (unpaired) electrons. The number of hydrogen-bond acceptors (Lipinski definition) is 3. The van der Waals surface area contributed by atoms with Crippen molar-refractivity contribution in [3.05, 3.63) is 24.3 Å². The van der Waals surface area contributed by atoms with E-state index in [0.29, 0.717) is 0 Å². The van der Waals surface area contributed by atoms with Crippen LogP contribution in [0.2, 0.25) is 0 Å². The Hall–Kier alpha value is -1.22. The van der Waals surface area contributed by atoms with Crippen LogP contribution < -0.4 is 15.0 Å². The van der Waals surface area contributed by atoms with Gasteiger partial charge in [0, 0.05) is 30.9 Å². The third-order valence-corrected chi connectivity index (χ3v) is 3.82. The van der Waals surface area contributed by atoms with Gasteiger partial charge in [0.25, 0.3) is 0 Å². The van der Waals surface area contributed by atoms with Crippen molar-refractivity contribution in [2.24, 2.45) is 0 Å². The molecule has 1 atom stereocenters. The zero-order valence-corrected chi connectivity index (χ0v) is 11.0. The molecule has 1 fully saturated rings. The van der Waals surface area contributed by atoms with Crippen molar-refractivity contribution in [1.29, 1.82) is 0 Å². The van der Waals surface area contributed by atoms with E-state index in [9.17, 15) is 0 Å². The first-order valence-corrected chi connectivity index (χ1v) is 6.32. The van der Waals surface area contributed by atoms with Gasteiger partial charge in [-0.2, -0.15) is 0 Å². The lowest BCUT2D eigenvalue weighted by atomic mass is 9.93. The summed E-state index contributed by atoms with van der Waals surface area (Å²) < 4.78 is 5.20. The first-order chi connectivity index (χ1) is 8.19. The van der Waals surface area contributed by atoms with E-state index in [2.05, 4.69) is 36.2 Å². The van der Waals surface area contributed by atoms with E-state index in [1.54, 1.807) is 7.11 Å². The highest BCUT2D eigenvalue weighted by Gasteiger charge is 2.32. The molecule has 1 saturated heterocycles. The number of piperazine rings is 1. The Bertz CT molecular complexity index is 363. The number of benzene rings is 1. The predicted molar refractivity (Wildman–Crippen MR) is 71.9 cm³/mol. The molecule has 0 aromatic heterocycles. The van der Waals surface area contributed by atoms with Gasteiger partial charge in [0.1, 0.15) is 5.75 Å². The molecule has 1 aromatic carbocycles. The van der Waals surface area contributed by atoms with Gasteiger partial charge in [-0.3, -0.25) is 0 Å². The van der Waals surface area contributed by atoms with E-state index in [0.717, 1.165) is 31.8 Å². The smallest absolute Gasteiger partial charge is 0.119 e. The zero-order valence-electron chi connectivity index (χ0n) is 11.0. The van der Waals surface area contributed by atoms with Crippen LogP contribution in [-0.4, -0.2) is 32.3 Å². The first kappa shape index (κ1) is 12.2. The van der Waals surface area contributed by atoms with Crippen molar-refractivity contribution in [1.82, 2.24) is 5.32 Å². The summed E-state index contributed by atoms with van der Waals surface area (Å²) >= 11 is 0. The summed E-state index contributed by atoms with van der Waals surface area (Å²) in [6.07, 6.45) is 1.14. The van der Waals surface area contributed by atoms with E-state index < -0.39 is 0 Å². The fraction of sp³-hybridized carbons (Fsp3) is 0.571. The third-order valence-electron chi connectivity index (χ3n) is 3.82. The van der Waals surface area contributed by atoms with Gasteiger partial charge in [0.15, 0.2) is 0 Å². The van der Waals surface area contributed by atoms with Crippen molar-refractivity contribution in [3.8, 4) is 5.75 Å². The van der Waals surface area contributed by atoms with Crippen LogP contribution in [0, 0.1) is 0 Å². The normalized spacial score (nSPS) is 24.8. The highest BCUT2D eigenvalue weighted by Crippen LogP contribution is 2.29. The van der Waals surface area contributed by atoms with E-state index in [1.165, 1.54) is 5.69 Å². The maximum Gasteiger partial charge on any atom is 0.119 e. The maximum absolute atomic E-state index is 5.20. The van der Waals surface area contributed by atoms with Gasteiger partial charge >= 0.3 is 0 Å². The molecule has 1 N–H and O–H groups in total. The fourth-order valence-corrected chi connectivity index (χ4v) is 2.43. The lowest BCUT2D eigenvalue weighted by Gasteiger charge is -2.46. The highest BCUT2D eigenvalue weighted by atomic mass is 16.5. The van der Waals surface area contributed by atoms with Gasteiger partial charge in [-0.1, -0.05) is 6.92 Å². The van der Waals surface area contributed by atoms with E-state index >= 15 is 0 Å². The van der Waals surface area contributed by atoms with Crippen molar-refractivity contribution in [2.45, 2.75) is 25.8 Å². The molecule has 0 bridgehead atoms. The molecule has 1 aliphatic heterocycles. The topological polar surface area (TPSA) is 24.5 Å². The van der Waals surface area contributed by atoms with Crippen LogP contribution in [0.1, 0.15) is 20.3 Å². The Morgan fingerprint density at radius 2 is 2.06 bits per heavy atom. The monoisotopic (exact) mass is 234 g/mol. The van der Waals surface area contributed by atoms with Crippen LogP contribution in [0.5, 0.6) is 5.75 Å². The van der Waals surface area contributed by atoms with Gasteiger partial charge in [-0.05, 0) is 37.6 Å². The second kappa shape index (κ2) is 4.96. The molecule has 0 saturated carbocycles. The van der Waals surface area contributed by atoms with Gasteiger partial charge in [0.2, 0.25) is 0 Å². The summed E-state index contributed by atoms with van der Waals surface area (Å²) in [4.78, 5) is 2.50. The van der Waals surface area contributed by atoms with Crippen molar-refractivity contribution in [2.75, 3.05) is 31.6 Å². The van der Waals surface area contributed by atoms with E-state index in [1.807, 2.05) is 12.1 Å². The summed E-state index contributed by atoms with van der Waals surface area (Å²) in [5.41, 5.74) is 1.50. The van der Waals surface area contributed by atoms with Crippen LogP contribution in [0.15, 0.2) is 24.3 Å². The van der Waals surface area contributed by atoms with Crippen LogP contribution in [0.3, 0.4) is 0 Å². The molecule has 0 amide bonds. The Labute approximate surface area is 104 Å². The molecule has 0 aliphatic carbocycles. The summed E-state index contributed by atoms with van der Waals surface area (Å²) in [5.74, 6) is 0.919. The molecule has 17 heavy (non-hydrogen) atoms. The van der Waals surface area contributed by atoms with Gasteiger partial charge in [-0.15, -0.1) is 0 Å². The molecule has 3 nitrogen and oxygen atoms in total. The standard InChI is InChI=1S/C14H22N2O/c1-4-14(2)11-15-9-10-16(14)12-5-7-13(17-3)8-6-12/h5-8,15H,4,9-11H2,1-3H3. The van der Waals surface area contributed by atoms with Crippen molar-refractivity contribution in [3.63, 3.8) is 0 Å². The Morgan fingerprint density at radius 1 is 1.35 bits per heavy atom. The van der Waals surface area contributed by atoms with Crippen molar-refractivity contribution >= 4 is 5.69 Å². The van der Waals surface area contributed by atoms with Gasteiger partial charge < -0.3 is 15.0 Å². The second-order valence-electron chi connectivity index (χ2n) is 4.88. The van der Waals surface area contributed by atoms with Crippen LogP contribution in [0.25, 0.3) is 0 Å². The van der Waals surface area contributed by atoms with Crippen LogP contribution in [-0.2, 0) is 0 Å². The van der Waals surface area contributed by atoms with Gasteiger partial charge in [0.05, 0.1) is 7.11 Å². The average molecular weight is 234 g/mol. The van der Waals surface area contributed by atoms with Crippen molar-refractivity contribution < 1.29 is 4.74 Å². The molecule has 94 valence electrons. The molecule has 2 rings (SSSR count). The average Bonchev–Trinajstić information content (AvgIpc) is 2.39. The summed E-state index contributed by atoms with van der Waals surface area (Å²) in [6, 6.07) is 8.37. The number of rotatable bonds is 3. The largest absolute Gasteiger partial charge is 0.497 e. The molecular formula is C14H22N2O. The second-order valence-corrected chi connectivity index (χ2v) is 4.88. The lowest BCUT2D eigenvalue weighted by Crippen LogP contribution is -2.59. The molecule has 1 aromatic rings. The quantitative estimate of drug-likeness (QED) is 0.868. The number of methoxy groups -OCH3 is 1. The lowest BCUT2D eigenvalue weighted by molar-refractivity contribution is 0.342. The predicted octanol–water partition coefficient (Wildman–Crippen LogP) is 2.27. The Kier molecular flexibility index (Phi) is 3.57. The number of hydrogen-bond donors (Lipinski definition) is 1. The molecule has 0 spiro atoms. The maximum atomic E-state index is 5.20. The van der Waals surface area contributed by atoms with Gasteiger partial charge in [-0.25, -0.2) is 0 Å². The molecule has 3 heteroatoms. The zero-order chi connectivity index (χ0) is 12.3. The first-order valence-electron chi connectivity index (χ1n) is 6.32. The summed E-state index contributed by atoms with van der Waals surface area (Å²) in [6.45, 7) is 7.75. The minimum absolute atomic E-state index is 0.215. The molecule has 1 heterocycles. The number of nitrogens with zero attached hydrogens (tertiary/aromatic N) is 1. The Balaban J connectivity index is 2.23. The molecular weight excluding hydrogens is 212 g/mol. The third kappa shape index (κ3) is 2.39. The molecule has 1 aliphatic rings. The Morgan fingerprint density at radius 3 is 2.65 bits per heavy atom. The number of ether oxygens (including phenoxy) is 1.